The first-order chi connectivity index (χ1) is 20.6. The van der Waals surface area contributed by atoms with Gasteiger partial charge in [0, 0.05) is 21.5 Å². The van der Waals surface area contributed by atoms with Crippen molar-refractivity contribution >= 4 is 98.0 Å². The van der Waals surface area contributed by atoms with Gasteiger partial charge in [0.15, 0.2) is 11.5 Å². The van der Waals surface area contributed by atoms with Crippen LogP contribution < -0.4 is 0 Å². The summed E-state index contributed by atoms with van der Waals surface area (Å²) in [7, 11) is 0. The monoisotopic (exact) mass is 720 g/mol. The Balaban J connectivity index is 1.45. The third-order valence-electron chi connectivity index (χ3n) is 8.54. The highest BCUT2D eigenvalue weighted by Gasteiger charge is 2.28. The largest absolute Gasteiger partial charge is 0.455 e. The average molecular weight is 723 g/mol. The number of rotatable bonds is 12. The van der Waals surface area contributed by atoms with Crippen molar-refractivity contribution in [2.45, 2.75) is 78.1 Å². The zero-order chi connectivity index (χ0) is 28.8. The lowest BCUT2D eigenvalue weighted by Crippen LogP contribution is -1.87. The molecule has 3 aromatic carbocycles. The summed E-state index contributed by atoms with van der Waals surface area (Å²) in [4.78, 5) is 2.49. The van der Waals surface area contributed by atoms with Gasteiger partial charge in [0.05, 0.1) is 17.3 Å². The summed E-state index contributed by atoms with van der Waals surface area (Å²) in [5.74, 6) is 1.99. The first-order valence-corrected chi connectivity index (χ1v) is 18.5. The molecule has 0 radical (unpaired) electrons. The van der Waals surface area contributed by atoms with Crippen LogP contribution in [0.4, 0.5) is 0 Å². The molecule has 0 N–H and O–H groups in total. The van der Waals surface area contributed by atoms with Gasteiger partial charge in [0.1, 0.15) is 11.2 Å². The SMILES string of the molecule is CCCCCCc1cc(Br)sc1-c1oc2cccc3c4c(-c5sc(Br)cc5CCCCCC)oc5cccc(c1c23)c54. The smallest absolute Gasteiger partial charge is 0.153 e. The van der Waals surface area contributed by atoms with Gasteiger partial charge in [-0.2, -0.15) is 0 Å². The molecule has 0 aliphatic heterocycles. The van der Waals surface area contributed by atoms with Gasteiger partial charge in [0.2, 0.25) is 0 Å². The van der Waals surface area contributed by atoms with Crippen LogP contribution in [0.3, 0.4) is 0 Å². The van der Waals surface area contributed by atoms with E-state index >= 15 is 0 Å². The molecule has 0 aliphatic carbocycles. The second-order valence-corrected chi connectivity index (χ2v) is 16.3. The number of unbranched alkanes of at least 4 members (excludes halogenated alkanes) is 6. The Kier molecular flexibility index (Phi) is 8.26. The van der Waals surface area contributed by atoms with Gasteiger partial charge < -0.3 is 8.83 Å². The average Bonchev–Trinajstić information content (AvgIpc) is 3.75. The number of fused-ring (bicyclic) bond motifs is 2. The molecule has 0 saturated heterocycles. The first kappa shape index (κ1) is 28.6. The van der Waals surface area contributed by atoms with Gasteiger partial charge in [-0.25, -0.2) is 0 Å². The van der Waals surface area contributed by atoms with E-state index in [1.165, 1.54) is 105 Å². The minimum Gasteiger partial charge on any atom is -0.455 e. The molecule has 0 unspecified atom stereocenters. The molecule has 0 atom stereocenters. The normalized spacial score (nSPS) is 12.3. The van der Waals surface area contributed by atoms with E-state index in [-0.39, 0.29) is 0 Å². The Morgan fingerprint density at radius 3 is 1.45 bits per heavy atom. The van der Waals surface area contributed by atoms with E-state index in [0.29, 0.717) is 0 Å². The molecule has 216 valence electrons. The summed E-state index contributed by atoms with van der Waals surface area (Å²) in [5, 5.41) is 7.26. The van der Waals surface area contributed by atoms with E-state index in [2.05, 4.69) is 94.2 Å². The molecular weight excluding hydrogens is 688 g/mol. The van der Waals surface area contributed by atoms with Gasteiger partial charge in [-0.05, 0) is 104 Å². The maximum atomic E-state index is 6.81. The molecule has 4 aromatic heterocycles. The topological polar surface area (TPSA) is 26.3 Å². The summed E-state index contributed by atoms with van der Waals surface area (Å²) in [5.41, 5.74) is 4.64. The van der Waals surface area contributed by atoms with Crippen LogP contribution in [0.2, 0.25) is 0 Å². The third kappa shape index (κ3) is 4.96. The first-order valence-electron chi connectivity index (χ1n) is 15.3. The number of benzene rings is 3. The summed E-state index contributed by atoms with van der Waals surface area (Å²) in [6.45, 7) is 4.54. The Morgan fingerprint density at radius 2 is 1.02 bits per heavy atom. The van der Waals surface area contributed by atoms with Gasteiger partial charge in [0.25, 0.3) is 0 Å². The van der Waals surface area contributed by atoms with Gasteiger partial charge in [-0.1, -0.05) is 76.6 Å². The number of hydrogen-bond acceptors (Lipinski definition) is 4. The predicted molar refractivity (Wildman–Crippen MR) is 190 cm³/mol. The molecule has 0 amide bonds. The zero-order valence-electron chi connectivity index (χ0n) is 24.1. The van der Waals surface area contributed by atoms with Crippen molar-refractivity contribution in [2.75, 3.05) is 0 Å². The van der Waals surface area contributed by atoms with Crippen LogP contribution >= 0.6 is 54.5 Å². The van der Waals surface area contributed by atoms with E-state index in [1.807, 2.05) is 0 Å². The van der Waals surface area contributed by atoms with Crippen LogP contribution in [0.15, 0.2) is 64.9 Å². The summed E-state index contributed by atoms with van der Waals surface area (Å²) in [6, 6.07) is 17.6. The number of hydrogen-bond donors (Lipinski definition) is 0. The molecule has 42 heavy (non-hydrogen) atoms. The molecule has 7 aromatic rings. The molecule has 2 nitrogen and oxygen atoms in total. The fraction of sp³-hybridized carbons (Fsp3) is 0.333. The highest BCUT2D eigenvalue weighted by Crippen LogP contribution is 2.52. The molecule has 4 heterocycles. The second-order valence-electron chi connectivity index (χ2n) is 11.4. The minimum atomic E-state index is 0.945. The summed E-state index contributed by atoms with van der Waals surface area (Å²) >= 11 is 11.2. The van der Waals surface area contributed by atoms with Crippen LogP contribution in [-0.2, 0) is 12.8 Å². The number of aryl methyl sites for hydroxylation is 2. The number of furan rings is 2. The maximum absolute atomic E-state index is 6.81. The Morgan fingerprint density at radius 1 is 0.571 bits per heavy atom. The van der Waals surface area contributed by atoms with E-state index in [4.69, 9.17) is 8.83 Å². The van der Waals surface area contributed by atoms with Crippen molar-refractivity contribution in [1.82, 2.24) is 0 Å². The van der Waals surface area contributed by atoms with Gasteiger partial charge >= 0.3 is 0 Å². The van der Waals surface area contributed by atoms with Gasteiger partial charge in [-0.3, -0.25) is 0 Å². The molecule has 0 fully saturated rings. The van der Waals surface area contributed by atoms with E-state index < -0.39 is 0 Å². The van der Waals surface area contributed by atoms with Crippen molar-refractivity contribution in [3.05, 3.63) is 67.2 Å². The molecule has 0 spiro atoms. The van der Waals surface area contributed by atoms with Crippen molar-refractivity contribution in [1.29, 1.82) is 0 Å². The number of thiophene rings is 2. The highest BCUT2D eigenvalue weighted by atomic mass is 79.9. The fourth-order valence-electron chi connectivity index (χ4n) is 6.58. The van der Waals surface area contributed by atoms with Crippen LogP contribution in [0.1, 0.15) is 76.3 Å². The quantitative estimate of drug-likeness (QED) is 0.0927. The van der Waals surface area contributed by atoms with Crippen LogP contribution in [0.25, 0.3) is 64.8 Å². The fourth-order valence-corrected chi connectivity index (χ4v) is 9.95. The van der Waals surface area contributed by atoms with Crippen molar-refractivity contribution in [2.24, 2.45) is 0 Å². The summed E-state index contributed by atoms with van der Waals surface area (Å²) in [6.07, 6.45) is 12.1. The molecule has 6 heteroatoms. The zero-order valence-corrected chi connectivity index (χ0v) is 28.9. The molecule has 0 aliphatic rings. The Labute approximate surface area is 271 Å². The molecule has 7 rings (SSSR count). The van der Waals surface area contributed by atoms with Crippen LogP contribution in [-0.4, -0.2) is 0 Å². The molecule has 0 saturated carbocycles. The Hall–Kier alpha value is -2.12. The van der Waals surface area contributed by atoms with Crippen LogP contribution in [0, 0.1) is 0 Å². The molecule has 0 bridgehead atoms. The third-order valence-corrected chi connectivity index (χ3v) is 11.9. The van der Waals surface area contributed by atoms with E-state index in [0.717, 1.165) is 43.1 Å². The summed E-state index contributed by atoms with van der Waals surface area (Å²) < 4.78 is 15.9. The lowest BCUT2D eigenvalue weighted by Gasteiger charge is -2.07. The van der Waals surface area contributed by atoms with Crippen LogP contribution in [0.5, 0.6) is 0 Å². The lowest BCUT2D eigenvalue weighted by atomic mass is 9.93. The Bertz CT molecular complexity index is 1860. The minimum absolute atomic E-state index is 0.945. The highest BCUT2D eigenvalue weighted by molar-refractivity contribution is 9.11. The second kappa shape index (κ2) is 12.1. The van der Waals surface area contributed by atoms with Gasteiger partial charge in [-0.15, -0.1) is 22.7 Å². The van der Waals surface area contributed by atoms with Crippen molar-refractivity contribution < 1.29 is 8.83 Å². The molecular formula is C36H34Br2O2S2. The predicted octanol–water partition coefficient (Wildman–Crippen LogP) is 14.2. The standard InChI is InChI=1S/C36H34Br2O2S2/c1-3-5-7-9-13-21-19-27(37)41-35(21)33-31-23-15-11-18-26-30(23)32(24-16-12-17-25(39-33)29(24)31)34(40-26)36-22(20-28(38)42-36)14-10-8-6-4-2/h11-12,15-20H,3-10,13-14H2,1-2H3. The lowest BCUT2D eigenvalue weighted by molar-refractivity contribution is 0.633. The maximum Gasteiger partial charge on any atom is 0.153 e. The van der Waals surface area contributed by atoms with Crippen molar-refractivity contribution in [3.63, 3.8) is 0 Å². The van der Waals surface area contributed by atoms with Crippen molar-refractivity contribution in [3.8, 4) is 21.3 Å². The van der Waals surface area contributed by atoms with E-state index in [1.54, 1.807) is 22.7 Å². The van der Waals surface area contributed by atoms with E-state index in [9.17, 15) is 0 Å². The number of halogens is 2.